The molecule has 0 spiro atoms. The molecule has 0 saturated heterocycles. The van der Waals surface area contributed by atoms with Crippen molar-refractivity contribution in [2.24, 2.45) is 0 Å². The van der Waals surface area contributed by atoms with Gasteiger partial charge in [-0.3, -0.25) is 0 Å². The second-order valence-corrected chi connectivity index (χ2v) is 10.2. The molecule has 0 radical (unpaired) electrons. The van der Waals surface area contributed by atoms with Gasteiger partial charge in [0.1, 0.15) is 0 Å². The van der Waals surface area contributed by atoms with Crippen LogP contribution in [0, 0.1) is 0 Å². The third-order valence-electron chi connectivity index (χ3n) is 3.43. The van der Waals surface area contributed by atoms with Crippen LogP contribution in [-0.2, 0) is 6.42 Å². The predicted octanol–water partition coefficient (Wildman–Crippen LogP) is 4.23. The van der Waals surface area contributed by atoms with Crippen LogP contribution in [0.3, 0.4) is 0 Å². The summed E-state index contributed by atoms with van der Waals surface area (Å²) in [4.78, 5) is 0. The Labute approximate surface area is 113 Å². The number of hydrogen-bond acceptors (Lipinski definition) is 0. The molecule has 18 heavy (non-hydrogen) atoms. The SMILES string of the molecule is [2H]C(Cc1ccccc1)C[Si](C)(C)c1ccccc1. The van der Waals surface area contributed by atoms with Crippen molar-refractivity contribution in [1.82, 2.24) is 0 Å². The maximum absolute atomic E-state index is 8.35. The fraction of sp³-hybridized carbons (Fsp3) is 0.294. The molecule has 2 rings (SSSR count). The highest BCUT2D eigenvalue weighted by Gasteiger charge is 2.22. The van der Waals surface area contributed by atoms with E-state index in [4.69, 9.17) is 1.37 Å². The monoisotopic (exact) mass is 255 g/mol. The minimum Gasteiger partial charge on any atom is -0.0654 e. The molecule has 0 bridgehead atoms. The van der Waals surface area contributed by atoms with E-state index in [1.165, 1.54) is 10.8 Å². The lowest BCUT2D eigenvalue weighted by Gasteiger charge is -2.22. The number of aryl methyl sites for hydroxylation is 1. The summed E-state index contributed by atoms with van der Waals surface area (Å²) in [5, 5.41) is 1.46. The van der Waals surface area contributed by atoms with Crippen molar-refractivity contribution in [3.63, 3.8) is 0 Å². The minimum absolute atomic E-state index is 0.00396. The molecule has 0 aliphatic rings. The van der Waals surface area contributed by atoms with Gasteiger partial charge in [0.05, 0.1) is 8.07 Å². The van der Waals surface area contributed by atoms with Gasteiger partial charge in [0.15, 0.2) is 0 Å². The van der Waals surface area contributed by atoms with Crippen molar-refractivity contribution >= 4 is 13.3 Å². The molecule has 2 aromatic rings. The zero-order chi connectivity index (χ0) is 13.7. The topological polar surface area (TPSA) is 0 Å². The van der Waals surface area contributed by atoms with Crippen LogP contribution in [0.4, 0.5) is 0 Å². The first-order chi connectivity index (χ1) is 9.08. The van der Waals surface area contributed by atoms with E-state index in [9.17, 15) is 0 Å². The van der Waals surface area contributed by atoms with Gasteiger partial charge in [-0.05, 0) is 12.0 Å². The fourth-order valence-electron chi connectivity index (χ4n) is 2.22. The molecule has 0 aromatic heterocycles. The molecule has 0 amide bonds. The summed E-state index contributed by atoms with van der Waals surface area (Å²) in [5.74, 6) is 0. The van der Waals surface area contributed by atoms with Gasteiger partial charge in [0, 0.05) is 1.37 Å². The van der Waals surface area contributed by atoms with E-state index in [0.717, 1.165) is 12.5 Å². The Kier molecular flexibility index (Phi) is 3.92. The van der Waals surface area contributed by atoms with E-state index in [0.29, 0.717) is 0 Å². The van der Waals surface area contributed by atoms with E-state index >= 15 is 0 Å². The number of hydrogen-bond donors (Lipinski definition) is 0. The molecule has 1 unspecified atom stereocenters. The Bertz CT molecular complexity index is 493. The molecule has 0 saturated carbocycles. The maximum atomic E-state index is 8.35. The Balaban J connectivity index is 2.00. The third kappa shape index (κ3) is 3.57. The standard InChI is InChI=1S/C17H22Si/c1-18(2,17-13-7-4-8-14-17)15-9-12-16-10-5-3-6-11-16/h3-8,10-11,13-14H,9,12,15H2,1-2H3/i9D. The van der Waals surface area contributed by atoms with Gasteiger partial charge < -0.3 is 0 Å². The summed E-state index contributed by atoms with van der Waals surface area (Å²) in [6.07, 6.45) is 0.869. The Hall–Kier alpha value is -1.34. The summed E-state index contributed by atoms with van der Waals surface area (Å²) in [5.41, 5.74) is 1.28. The largest absolute Gasteiger partial charge is 0.0806 e. The normalized spacial score (nSPS) is 14.0. The lowest BCUT2D eigenvalue weighted by Crippen LogP contribution is -2.40. The van der Waals surface area contributed by atoms with Crippen LogP contribution in [0.25, 0.3) is 0 Å². The van der Waals surface area contributed by atoms with E-state index < -0.39 is 8.07 Å². The van der Waals surface area contributed by atoms with Crippen molar-refractivity contribution in [2.75, 3.05) is 0 Å². The van der Waals surface area contributed by atoms with Crippen molar-refractivity contribution in [2.45, 2.75) is 32.0 Å². The number of rotatable bonds is 5. The Morgan fingerprint density at radius 3 is 2.06 bits per heavy atom. The average Bonchev–Trinajstić information content (AvgIpc) is 2.40. The molecule has 2 aromatic carbocycles. The van der Waals surface area contributed by atoms with Crippen LogP contribution in [0.15, 0.2) is 60.7 Å². The first kappa shape index (κ1) is 11.7. The molecular weight excluding hydrogens is 232 g/mol. The molecular formula is C17H22Si. The van der Waals surface area contributed by atoms with Crippen LogP contribution in [0.2, 0.25) is 19.1 Å². The molecule has 0 aliphatic heterocycles. The lowest BCUT2D eigenvalue weighted by molar-refractivity contribution is 0.904. The summed E-state index contributed by atoms with van der Waals surface area (Å²) in [6.45, 7) is 4.74. The molecule has 0 N–H and O–H groups in total. The van der Waals surface area contributed by atoms with Crippen molar-refractivity contribution in [3.05, 3.63) is 66.2 Å². The van der Waals surface area contributed by atoms with Crippen LogP contribution in [0.1, 0.15) is 13.3 Å². The highest BCUT2D eigenvalue weighted by molar-refractivity contribution is 6.89. The predicted molar refractivity (Wildman–Crippen MR) is 83.1 cm³/mol. The minimum atomic E-state index is -1.48. The van der Waals surface area contributed by atoms with Crippen molar-refractivity contribution in [1.29, 1.82) is 0 Å². The highest BCUT2D eigenvalue weighted by atomic mass is 28.3. The molecule has 0 heterocycles. The zero-order valence-corrected chi connectivity index (χ0v) is 12.3. The number of benzene rings is 2. The van der Waals surface area contributed by atoms with Crippen LogP contribution < -0.4 is 5.19 Å². The smallest absolute Gasteiger partial charge is 0.0654 e. The first-order valence-electron chi connectivity index (χ1n) is 7.17. The van der Waals surface area contributed by atoms with Gasteiger partial charge in [0.25, 0.3) is 0 Å². The fourth-order valence-corrected chi connectivity index (χ4v) is 4.42. The van der Waals surface area contributed by atoms with Crippen molar-refractivity contribution < 1.29 is 1.37 Å². The second-order valence-electron chi connectivity index (χ2n) is 5.43. The molecule has 0 aliphatic carbocycles. The summed E-state index contributed by atoms with van der Waals surface area (Å²) >= 11 is 0. The zero-order valence-electron chi connectivity index (χ0n) is 12.3. The van der Waals surface area contributed by atoms with Gasteiger partial charge >= 0.3 is 0 Å². The Morgan fingerprint density at radius 1 is 0.889 bits per heavy atom. The van der Waals surface area contributed by atoms with E-state index in [1.807, 2.05) is 6.07 Å². The van der Waals surface area contributed by atoms with Crippen LogP contribution in [0.5, 0.6) is 0 Å². The molecule has 94 valence electrons. The second kappa shape index (κ2) is 6.01. The van der Waals surface area contributed by atoms with Gasteiger partial charge in [0.2, 0.25) is 0 Å². The molecule has 1 heteroatoms. The lowest BCUT2D eigenvalue weighted by atomic mass is 10.1. The molecule has 1 atom stereocenters. The Morgan fingerprint density at radius 2 is 1.44 bits per heavy atom. The van der Waals surface area contributed by atoms with Crippen LogP contribution >= 0.6 is 0 Å². The maximum Gasteiger partial charge on any atom is 0.0806 e. The summed E-state index contributed by atoms with van der Waals surface area (Å²) in [7, 11) is -1.48. The molecule has 0 nitrogen and oxygen atoms in total. The van der Waals surface area contributed by atoms with E-state index in [1.54, 1.807) is 0 Å². The van der Waals surface area contributed by atoms with Gasteiger partial charge in [-0.2, -0.15) is 0 Å². The van der Waals surface area contributed by atoms with E-state index in [2.05, 4.69) is 67.7 Å². The molecule has 0 fully saturated rings. The van der Waals surface area contributed by atoms with Crippen LogP contribution in [-0.4, -0.2) is 8.07 Å². The quantitative estimate of drug-likeness (QED) is 0.701. The third-order valence-corrected chi connectivity index (χ3v) is 6.64. The highest BCUT2D eigenvalue weighted by Crippen LogP contribution is 2.15. The summed E-state index contributed by atoms with van der Waals surface area (Å²) < 4.78 is 8.35. The average molecular weight is 255 g/mol. The first-order valence-corrected chi connectivity index (χ1v) is 9.80. The van der Waals surface area contributed by atoms with Gasteiger partial charge in [-0.1, -0.05) is 91.4 Å². The van der Waals surface area contributed by atoms with Gasteiger partial charge in [-0.15, -0.1) is 0 Å². The van der Waals surface area contributed by atoms with Crippen molar-refractivity contribution in [3.8, 4) is 0 Å². The van der Waals surface area contributed by atoms with Gasteiger partial charge in [-0.25, -0.2) is 0 Å². The summed E-state index contributed by atoms with van der Waals surface area (Å²) in [6, 6.07) is 22.2. The van der Waals surface area contributed by atoms with E-state index in [-0.39, 0.29) is 6.40 Å².